The first-order valence-electron chi connectivity index (χ1n) is 14.9. The molecule has 1 spiro atoms. The second-order valence-corrected chi connectivity index (χ2v) is 11.3. The molecule has 39 heavy (non-hydrogen) atoms. The van der Waals surface area contributed by atoms with Crippen LogP contribution in [0, 0.1) is 19.3 Å². The van der Waals surface area contributed by atoms with Crippen molar-refractivity contribution in [2.45, 2.75) is 79.6 Å². The van der Waals surface area contributed by atoms with Crippen molar-refractivity contribution in [2.24, 2.45) is 5.41 Å². The first-order chi connectivity index (χ1) is 18.8. The number of nitrogens with zero attached hydrogens (tertiary/aromatic N) is 1. The highest BCUT2D eigenvalue weighted by Crippen LogP contribution is 2.52. The van der Waals surface area contributed by atoms with Crippen molar-refractivity contribution in [3.8, 4) is 0 Å². The number of carbonyl (C=O) groups excluding carboxylic acids is 1. The van der Waals surface area contributed by atoms with Gasteiger partial charge in [-0.05, 0) is 94.6 Å². The number of hydrogen-bond acceptors (Lipinski definition) is 2. The topological polar surface area (TPSA) is 32.3 Å². The predicted molar refractivity (Wildman–Crippen MR) is 167 cm³/mol. The molecule has 1 fully saturated rings. The van der Waals surface area contributed by atoms with Crippen LogP contribution in [-0.4, -0.2) is 37.0 Å². The summed E-state index contributed by atoms with van der Waals surface area (Å²) in [5.41, 5.74) is 9.40. The highest BCUT2D eigenvalue weighted by molar-refractivity contribution is 5.72. The van der Waals surface area contributed by atoms with E-state index in [1.54, 1.807) is 11.1 Å². The quantitative estimate of drug-likeness (QED) is 0.435. The molecule has 2 aliphatic carbocycles. The molecule has 3 heteroatoms. The third-order valence-corrected chi connectivity index (χ3v) is 8.61. The van der Waals surface area contributed by atoms with Crippen LogP contribution >= 0.6 is 0 Å². The van der Waals surface area contributed by atoms with Crippen LogP contribution in [0.2, 0.25) is 0 Å². The molecular weight excluding hydrogens is 476 g/mol. The van der Waals surface area contributed by atoms with Gasteiger partial charge in [-0.1, -0.05) is 103 Å². The Morgan fingerprint density at radius 3 is 1.92 bits per heavy atom. The van der Waals surface area contributed by atoms with E-state index >= 15 is 0 Å². The molecule has 1 heterocycles. The molecule has 0 aromatic heterocycles. The first-order valence-corrected chi connectivity index (χ1v) is 14.9. The van der Waals surface area contributed by atoms with Gasteiger partial charge in [-0.3, -0.25) is 4.79 Å². The second-order valence-electron chi connectivity index (χ2n) is 11.3. The molecule has 1 amide bonds. The summed E-state index contributed by atoms with van der Waals surface area (Å²) in [6.45, 7) is 16.8. The lowest BCUT2D eigenvalue weighted by Crippen LogP contribution is -2.39. The lowest BCUT2D eigenvalue weighted by molar-refractivity contribution is -0.118. The Labute approximate surface area is 238 Å². The minimum Gasteiger partial charge on any atom is -0.357 e. The molecule has 1 N–H and O–H groups in total. The average molecular weight is 527 g/mol. The van der Waals surface area contributed by atoms with Gasteiger partial charge in [0.25, 0.3) is 0 Å². The van der Waals surface area contributed by atoms with E-state index in [1.165, 1.54) is 80.9 Å². The van der Waals surface area contributed by atoms with Crippen LogP contribution in [0.4, 0.5) is 0 Å². The van der Waals surface area contributed by atoms with E-state index in [2.05, 4.69) is 111 Å². The molecule has 0 bridgehead atoms. The first kappa shape index (κ1) is 30.6. The third-order valence-electron chi connectivity index (χ3n) is 8.61. The molecule has 0 radical (unpaired) electrons. The number of aryl methyl sites for hydroxylation is 2. The average Bonchev–Trinajstić information content (AvgIpc) is 3.10. The number of amides is 1. The summed E-state index contributed by atoms with van der Waals surface area (Å²) in [7, 11) is 0. The summed E-state index contributed by atoms with van der Waals surface area (Å²) in [5.74, 6) is 0.513. The fraction of sp³-hybridized carbons (Fsp3) is 0.472. The number of carbonyl (C=O) groups is 1. The molecule has 0 saturated carbocycles. The largest absolute Gasteiger partial charge is 0.357 e. The zero-order valence-electron chi connectivity index (χ0n) is 25.2. The van der Waals surface area contributed by atoms with E-state index < -0.39 is 0 Å². The number of benzene rings is 2. The lowest BCUT2D eigenvalue weighted by Gasteiger charge is -2.41. The van der Waals surface area contributed by atoms with E-state index in [4.69, 9.17) is 0 Å². The number of hydrogen-bond donors (Lipinski definition) is 1. The van der Waals surface area contributed by atoms with Crippen molar-refractivity contribution in [2.75, 3.05) is 26.2 Å². The summed E-state index contributed by atoms with van der Waals surface area (Å²) in [4.78, 5) is 12.5. The predicted octanol–water partition coefficient (Wildman–Crippen LogP) is 8.29. The molecule has 3 nitrogen and oxygen atoms in total. The van der Waals surface area contributed by atoms with E-state index in [1.807, 2.05) is 6.92 Å². The SMILES string of the molecule is CCN1CCC2(CCC3=C2CC=CC=C3)CC1.CCNC(C)=O.Cc1ccc(C(C)c2ccc(C)cc2)cc1. The summed E-state index contributed by atoms with van der Waals surface area (Å²) < 4.78 is 0. The Morgan fingerprint density at radius 1 is 0.897 bits per heavy atom. The van der Waals surface area contributed by atoms with Gasteiger partial charge in [0.2, 0.25) is 5.91 Å². The molecule has 1 saturated heterocycles. The van der Waals surface area contributed by atoms with Crippen LogP contribution in [0.3, 0.4) is 0 Å². The fourth-order valence-electron chi connectivity index (χ4n) is 5.98. The van der Waals surface area contributed by atoms with Crippen LogP contribution in [0.15, 0.2) is 84.0 Å². The van der Waals surface area contributed by atoms with Crippen molar-refractivity contribution in [1.29, 1.82) is 0 Å². The summed E-state index contributed by atoms with van der Waals surface area (Å²) in [6.07, 6.45) is 15.9. The zero-order valence-corrected chi connectivity index (χ0v) is 25.2. The van der Waals surface area contributed by atoms with Crippen LogP contribution < -0.4 is 5.32 Å². The Hall–Kier alpha value is -2.91. The fourth-order valence-corrected chi connectivity index (χ4v) is 5.98. The molecule has 2 aromatic carbocycles. The summed E-state index contributed by atoms with van der Waals surface area (Å²) in [5, 5.41) is 2.57. The van der Waals surface area contributed by atoms with Gasteiger partial charge in [0.15, 0.2) is 0 Å². The summed E-state index contributed by atoms with van der Waals surface area (Å²) >= 11 is 0. The van der Waals surface area contributed by atoms with Crippen LogP contribution in [-0.2, 0) is 4.79 Å². The molecule has 3 aliphatic rings. The van der Waals surface area contributed by atoms with Gasteiger partial charge in [-0.2, -0.15) is 0 Å². The number of piperidine rings is 1. The van der Waals surface area contributed by atoms with Crippen LogP contribution in [0.5, 0.6) is 0 Å². The van der Waals surface area contributed by atoms with Crippen molar-refractivity contribution in [3.63, 3.8) is 0 Å². The standard InChI is InChI=1S/C16H23N.C16H18.C4H9NO/c1-2-17-12-10-16(11-13-17)9-8-14-6-4-3-5-7-15(14)16;1-12-4-8-15(9-5-12)14(3)16-10-6-13(2)7-11-16;1-3-5-4(2)6/h3-6H,2,7-13H2,1H3;4-11,14H,1-3H3;3H2,1-2H3,(H,5,6). The van der Waals surface area contributed by atoms with Crippen molar-refractivity contribution >= 4 is 5.91 Å². The van der Waals surface area contributed by atoms with Gasteiger partial charge >= 0.3 is 0 Å². The highest BCUT2D eigenvalue weighted by Gasteiger charge is 2.41. The zero-order chi connectivity index (χ0) is 28.3. The van der Waals surface area contributed by atoms with Crippen LogP contribution in [0.25, 0.3) is 0 Å². The van der Waals surface area contributed by atoms with Crippen molar-refractivity contribution in [3.05, 3.63) is 106 Å². The van der Waals surface area contributed by atoms with E-state index in [-0.39, 0.29) is 5.91 Å². The normalized spacial score (nSPS) is 17.6. The van der Waals surface area contributed by atoms with Gasteiger partial charge in [0, 0.05) is 19.4 Å². The Kier molecular flexibility index (Phi) is 11.8. The molecule has 1 aliphatic heterocycles. The maximum atomic E-state index is 9.93. The molecule has 0 atom stereocenters. The van der Waals surface area contributed by atoms with E-state index in [9.17, 15) is 4.79 Å². The lowest BCUT2D eigenvalue weighted by atomic mass is 9.72. The second kappa shape index (κ2) is 15.0. The molecule has 0 unspecified atom stereocenters. The van der Waals surface area contributed by atoms with Gasteiger partial charge < -0.3 is 10.2 Å². The number of nitrogens with one attached hydrogen (secondary N) is 1. The van der Waals surface area contributed by atoms with Crippen LogP contribution in [0.1, 0.15) is 88.0 Å². The number of allylic oxidation sites excluding steroid dienone is 6. The monoisotopic (exact) mass is 526 g/mol. The maximum absolute atomic E-state index is 9.93. The molecule has 2 aromatic rings. The van der Waals surface area contributed by atoms with Crippen molar-refractivity contribution in [1.82, 2.24) is 10.2 Å². The van der Waals surface area contributed by atoms with Gasteiger partial charge in [0.1, 0.15) is 0 Å². The van der Waals surface area contributed by atoms with E-state index in [0.29, 0.717) is 11.3 Å². The third kappa shape index (κ3) is 8.80. The number of fused-ring (bicyclic) bond motifs is 1. The van der Waals surface area contributed by atoms with Gasteiger partial charge in [0.05, 0.1) is 0 Å². The smallest absolute Gasteiger partial charge is 0.216 e. The van der Waals surface area contributed by atoms with Crippen molar-refractivity contribution < 1.29 is 4.79 Å². The van der Waals surface area contributed by atoms with E-state index in [0.717, 1.165) is 6.54 Å². The number of likely N-dealkylation sites (tertiary alicyclic amines) is 1. The Balaban J connectivity index is 0.000000180. The molecular formula is C36H50N2O. The maximum Gasteiger partial charge on any atom is 0.216 e. The number of rotatable bonds is 4. The minimum atomic E-state index is 0.0394. The summed E-state index contributed by atoms with van der Waals surface area (Å²) in [6, 6.07) is 17.6. The van der Waals surface area contributed by atoms with Gasteiger partial charge in [-0.15, -0.1) is 0 Å². The Morgan fingerprint density at radius 2 is 1.46 bits per heavy atom. The Bertz CT molecular complexity index is 1080. The van der Waals surface area contributed by atoms with Gasteiger partial charge in [-0.25, -0.2) is 0 Å². The highest BCUT2D eigenvalue weighted by atomic mass is 16.1. The molecule has 5 rings (SSSR count). The minimum absolute atomic E-state index is 0.0394. The molecule has 210 valence electrons.